The summed E-state index contributed by atoms with van der Waals surface area (Å²) in [6.45, 7) is 0.236. The average molecular weight is 377 g/mol. The van der Waals surface area contributed by atoms with Crippen LogP contribution in [0.1, 0.15) is 40.7 Å². The van der Waals surface area contributed by atoms with Crippen molar-refractivity contribution in [1.82, 2.24) is 0 Å². The van der Waals surface area contributed by atoms with E-state index in [1.54, 1.807) is 18.2 Å². The Labute approximate surface area is 162 Å². The van der Waals surface area contributed by atoms with Crippen molar-refractivity contribution in [3.8, 4) is 11.8 Å². The number of hydrogen-bond donors (Lipinski definition) is 1. The van der Waals surface area contributed by atoms with Gasteiger partial charge < -0.3 is 9.84 Å². The van der Waals surface area contributed by atoms with Crippen LogP contribution in [0.25, 0.3) is 12.2 Å². The number of carboxylic acids is 1. The van der Waals surface area contributed by atoms with E-state index in [2.05, 4.69) is 0 Å². The quantitative estimate of drug-likeness (QED) is 0.222. The van der Waals surface area contributed by atoms with E-state index in [0.717, 1.165) is 5.56 Å². The number of ether oxygens (including phenoxy) is 1. The maximum atomic E-state index is 12.5. The lowest BCUT2D eigenvalue weighted by Gasteiger charge is -2.11. The number of benzene rings is 2. The highest BCUT2D eigenvalue weighted by molar-refractivity contribution is 6.37. The number of carbonyl (C=O) groups is 3. The summed E-state index contributed by atoms with van der Waals surface area (Å²) >= 11 is 0. The highest BCUT2D eigenvalue weighted by Gasteiger charge is 2.21. The number of carbonyl (C=O) groups excluding carboxylic acids is 2. The van der Waals surface area contributed by atoms with Gasteiger partial charge in [0.25, 0.3) is 0 Å². The molecule has 1 N–H and O–H groups in total. The molecule has 0 aliphatic rings. The molecule has 0 saturated carbocycles. The summed E-state index contributed by atoms with van der Waals surface area (Å²) in [6.07, 6.45) is 3.76. The Bertz CT molecular complexity index is 926. The Balaban J connectivity index is 2.25. The maximum absolute atomic E-state index is 12.5. The topological polar surface area (TPSA) is 104 Å². The molecule has 2 aromatic rings. The van der Waals surface area contributed by atoms with E-state index in [-0.39, 0.29) is 17.9 Å². The zero-order valence-electron chi connectivity index (χ0n) is 15.1. The number of aliphatic carboxylic acids is 1. The fraction of sp³-hybridized carbons (Fsp3) is 0.182. The van der Waals surface area contributed by atoms with Crippen LogP contribution >= 0.6 is 0 Å². The highest BCUT2D eigenvalue weighted by Crippen LogP contribution is 2.24. The molecule has 0 saturated heterocycles. The molecule has 6 heteroatoms. The molecule has 0 aromatic heterocycles. The fourth-order valence-corrected chi connectivity index (χ4v) is 2.40. The van der Waals surface area contributed by atoms with E-state index in [4.69, 9.17) is 15.1 Å². The largest absolute Gasteiger partial charge is 0.493 e. The van der Waals surface area contributed by atoms with Gasteiger partial charge in [0.2, 0.25) is 5.78 Å². The lowest BCUT2D eigenvalue weighted by molar-refractivity contribution is -0.148. The fourth-order valence-electron chi connectivity index (χ4n) is 2.40. The predicted molar refractivity (Wildman–Crippen MR) is 104 cm³/mol. The van der Waals surface area contributed by atoms with Crippen molar-refractivity contribution in [1.29, 1.82) is 5.26 Å². The molecule has 0 aliphatic heterocycles. The molecule has 0 aliphatic carbocycles. The van der Waals surface area contributed by atoms with Crippen LogP contribution in [-0.4, -0.2) is 29.2 Å². The van der Waals surface area contributed by atoms with Crippen LogP contribution in [0.15, 0.2) is 48.5 Å². The Morgan fingerprint density at radius 1 is 1.04 bits per heavy atom. The molecule has 0 spiro atoms. The summed E-state index contributed by atoms with van der Waals surface area (Å²) in [7, 11) is 0. The summed E-state index contributed by atoms with van der Waals surface area (Å²) in [5.74, 6) is -3.19. The summed E-state index contributed by atoms with van der Waals surface area (Å²) in [5.41, 5.74) is 1.83. The van der Waals surface area contributed by atoms with E-state index in [1.807, 2.05) is 48.6 Å². The van der Waals surface area contributed by atoms with Gasteiger partial charge in [-0.05, 0) is 29.7 Å². The van der Waals surface area contributed by atoms with Gasteiger partial charge in [-0.2, -0.15) is 5.26 Å². The first kappa shape index (κ1) is 20.6. The van der Waals surface area contributed by atoms with Crippen LogP contribution in [0.2, 0.25) is 0 Å². The minimum Gasteiger partial charge on any atom is -0.493 e. The Kier molecular flexibility index (Phi) is 7.67. The molecular formula is C22H19NO5. The number of nitriles is 1. The monoisotopic (exact) mass is 377 g/mol. The van der Waals surface area contributed by atoms with Crippen molar-refractivity contribution in [2.45, 2.75) is 19.3 Å². The minimum absolute atomic E-state index is 0.141. The molecule has 28 heavy (non-hydrogen) atoms. The van der Waals surface area contributed by atoms with Gasteiger partial charge in [0.05, 0.1) is 24.7 Å². The Morgan fingerprint density at radius 2 is 1.75 bits per heavy atom. The van der Waals surface area contributed by atoms with Crippen LogP contribution in [0.3, 0.4) is 0 Å². The van der Waals surface area contributed by atoms with Crippen molar-refractivity contribution in [3.63, 3.8) is 0 Å². The van der Waals surface area contributed by atoms with Gasteiger partial charge in [0, 0.05) is 6.42 Å². The van der Waals surface area contributed by atoms with E-state index in [1.165, 1.54) is 0 Å². The molecule has 0 radical (unpaired) electrons. The smallest absolute Gasteiger partial charge is 0.372 e. The Hall–Kier alpha value is -3.72. The maximum Gasteiger partial charge on any atom is 0.372 e. The van der Waals surface area contributed by atoms with Crippen molar-refractivity contribution in [2.75, 3.05) is 6.61 Å². The van der Waals surface area contributed by atoms with E-state index < -0.39 is 24.0 Å². The molecule has 0 unspecified atom stereocenters. The molecule has 0 atom stereocenters. The van der Waals surface area contributed by atoms with Gasteiger partial charge in [-0.25, -0.2) is 4.79 Å². The van der Waals surface area contributed by atoms with E-state index in [0.29, 0.717) is 18.4 Å². The standard InChI is InChI=1S/C22H19NO5/c23-12-4-5-13-28-21-11-10-17(9-8-16-6-2-1-3-7-16)14-18(21)19(24)15-20(25)22(26)27/h1-3,6-11,14H,4-5,13,15H2,(H,26,27)/b9-8+. The minimum atomic E-state index is -1.65. The van der Waals surface area contributed by atoms with Crippen LogP contribution < -0.4 is 4.74 Å². The molecule has 142 valence electrons. The third-order valence-corrected chi connectivity index (χ3v) is 3.82. The molecule has 0 fully saturated rings. The lowest BCUT2D eigenvalue weighted by Crippen LogP contribution is -2.18. The third-order valence-electron chi connectivity index (χ3n) is 3.82. The number of carboxylic acid groups (broad SMARTS) is 1. The lowest BCUT2D eigenvalue weighted by atomic mass is 10.0. The summed E-state index contributed by atoms with van der Waals surface area (Å²) in [5, 5.41) is 17.3. The zero-order valence-corrected chi connectivity index (χ0v) is 15.1. The van der Waals surface area contributed by atoms with E-state index in [9.17, 15) is 14.4 Å². The molecule has 0 bridgehead atoms. The van der Waals surface area contributed by atoms with Crippen molar-refractivity contribution >= 4 is 29.7 Å². The second kappa shape index (κ2) is 10.4. The number of hydrogen-bond acceptors (Lipinski definition) is 5. The van der Waals surface area contributed by atoms with Gasteiger partial charge in [-0.15, -0.1) is 0 Å². The molecular weight excluding hydrogens is 358 g/mol. The normalized spacial score (nSPS) is 10.4. The van der Waals surface area contributed by atoms with Crippen LogP contribution in [0.5, 0.6) is 5.75 Å². The average Bonchev–Trinajstić information content (AvgIpc) is 2.70. The SMILES string of the molecule is N#CCCCOc1ccc(/C=C/c2ccccc2)cc1C(=O)CC(=O)C(=O)O. The molecule has 6 nitrogen and oxygen atoms in total. The van der Waals surface area contributed by atoms with E-state index >= 15 is 0 Å². The van der Waals surface area contributed by atoms with Gasteiger partial charge in [0.15, 0.2) is 5.78 Å². The number of Topliss-reactive ketones (excluding diaryl/α,β-unsaturated/α-hetero) is 2. The van der Waals surface area contributed by atoms with Gasteiger partial charge >= 0.3 is 5.97 Å². The first-order chi connectivity index (χ1) is 13.5. The van der Waals surface area contributed by atoms with Gasteiger partial charge in [-0.1, -0.05) is 48.6 Å². The molecule has 2 rings (SSSR count). The van der Waals surface area contributed by atoms with Gasteiger partial charge in [-0.3, -0.25) is 9.59 Å². The second-order valence-electron chi connectivity index (χ2n) is 5.94. The molecule has 0 heterocycles. The predicted octanol–water partition coefficient (Wildman–Crippen LogP) is 3.77. The summed E-state index contributed by atoms with van der Waals surface area (Å²) < 4.78 is 5.57. The number of nitrogens with zero attached hydrogens (tertiary/aromatic N) is 1. The van der Waals surface area contributed by atoms with Crippen LogP contribution in [-0.2, 0) is 9.59 Å². The summed E-state index contributed by atoms with van der Waals surface area (Å²) in [6, 6.07) is 16.5. The Morgan fingerprint density at radius 3 is 2.43 bits per heavy atom. The first-order valence-corrected chi connectivity index (χ1v) is 8.67. The van der Waals surface area contributed by atoms with Gasteiger partial charge in [0.1, 0.15) is 5.75 Å². The van der Waals surface area contributed by atoms with Crippen LogP contribution in [0.4, 0.5) is 0 Å². The number of unbranched alkanes of at least 4 members (excludes halogenated alkanes) is 1. The number of ketones is 2. The van der Waals surface area contributed by atoms with Crippen LogP contribution in [0, 0.1) is 11.3 Å². The molecule has 2 aromatic carbocycles. The van der Waals surface area contributed by atoms with Crippen molar-refractivity contribution in [2.24, 2.45) is 0 Å². The molecule has 0 amide bonds. The summed E-state index contributed by atoms with van der Waals surface area (Å²) in [4.78, 5) is 34.6. The first-order valence-electron chi connectivity index (χ1n) is 8.67. The highest BCUT2D eigenvalue weighted by atomic mass is 16.5. The zero-order chi connectivity index (χ0) is 20.4. The third kappa shape index (κ3) is 6.22. The van der Waals surface area contributed by atoms with Crippen molar-refractivity contribution in [3.05, 3.63) is 65.2 Å². The second-order valence-corrected chi connectivity index (χ2v) is 5.94. The van der Waals surface area contributed by atoms with Crippen molar-refractivity contribution < 1.29 is 24.2 Å². The number of rotatable bonds is 10.